The predicted molar refractivity (Wildman–Crippen MR) is 189 cm³/mol. The Morgan fingerprint density at radius 2 is 1.43 bits per heavy atom. The molecule has 3 unspecified atom stereocenters. The summed E-state index contributed by atoms with van der Waals surface area (Å²) in [6.45, 7) is 13.9. The van der Waals surface area contributed by atoms with Gasteiger partial charge >= 0.3 is 12.1 Å². The number of halogens is 3. The van der Waals surface area contributed by atoms with E-state index in [1.54, 1.807) is 19.4 Å². The molecule has 2 rings (SSSR count). The van der Waals surface area contributed by atoms with Gasteiger partial charge in [0.25, 0.3) is 15.9 Å². The quantitative estimate of drug-likeness (QED) is 0.212. The molecule has 4 amide bonds. The van der Waals surface area contributed by atoms with Crippen LogP contribution in [0.4, 0.5) is 13.2 Å². The Bertz CT molecular complexity index is 1690. The van der Waals surface area contributed by atoms with E-state index in [9.17, 15) is 40.8 Å². The largest absolute Gasteiger partial charge is 0.471 e. The molecule has 282 valence electrons. The van der Waals surface area contributed by atoms with Crippen molar-refractivity contribution in [3.05, 3.63) is 77.4 Å². The lowest BCUT2D eigenvalue weighted by atomic mass is 9.76. The molecule has 0 aliphatic rings. The first-order valence-electron chi connectivity index (χ1n) is 16.3. The third-order valence-corrected chi connectivity index (χ3v) is 9.96. The first kappa shape index (κ1) is 42.9. The first-order chi connectivity index (χ1) is 23.3. The van der Waals surface area contributed by atoms with Crippen molar-refractivity contribution >= 4 is 33.7 Å². The summed E-state index contributed by atoms with van der Waals surface area (Å²) in [4.78, 5) is 53.2. The summed E-state index contributed by atoms with van der Waals surface area (Å²) in [5, 5.41) is 7.76. The Morgan fingerprint density at radius 3 is 1.90 bits per heavy atom. The second-order valence-electron chi connectivity index (χ2n) is 14.4. The van der Waals surface area contributed by atoms with Crippen LogP contribution in [0.2, 0.25) is 0 Å². The number of carbonyl (C=O) groups is 4. The summed E-state index contributed by atoms with van der Waals surface area (Å²) in [5.41, 5.74) is -0.224. The van der Waals surface area contributed by atoms with Gasteiger partial charge in [0.1, 0.15) is 6.04 Å². The van der Waals surface area contributed by atoms with Crippen molar-refractivity contribution in [2.75, 3.05) is 14.1 Å². The number of sulfonamides is 1. The van der Waals surface area contributed by atoms with E-state index < -0.39 is 69.4 Å². The fourth-order valence-electron chi connectivity index (χ4n) is 5.49. The Kier molecular flexibility index (Phi) is 14.2. The van der Waals surface area contributed by atoms with E-state index >= 15 is 0 Å². The molecule has 0 radical (unpaired) electrons. The molecule has 0 spiro atoms. The van der Waals surface area contributed by atoms with E-state index in [0.717, 1.165) is 17.7 Å². The van der Waals surface area contributed by atoms with Gasteiger partial charge in [-0.1, -0.05) is 97.0 Å². The summed E-state index contributed by atoms with van der Waals surface area (Å²) in [6.07, 6.45) is -3.58. The van der Waals surface area contributed by atoms with Gasteiger partial charge in [0, 0.05) is 24.6 Å². The lowest BCUT2D eigenvalue weighted by Crippen LogP contribution is -2.61. The van der Waals surface area contributed by atoms with Gasteiger partial charge in [0.2, 0.25) is 11.8 Å². The van der Waals surface area contributed by atoms with Crippen LogP contribution in [0.3, 0.4) is 0 Å². The van der Waals surface area contributed by atoms with Gasteiger partial charge in [-0.25, -0.2) is 13.1 Å². The SMILES string of the molecule is CNC(C(=O)NC(C(=O)N(C)C(/C=C(\C)C(=O)NS(=O)(=O)c1ccc(CNC(=O)C(F)(F)F)cc1)C(C)C)C(C)(C)C)C(C)(C)c1ccccc1. The van der Waals surface area contributed by atoms with Gasteiger partial charge < -0.3 is 20.9 Å². The van der Waals surface area contributed by atoms with Crippen LogP contribution in [0.5, 0.6) is 0 Å². The average Bonchev–Trinajstić information content (AvgIpc) is 3.03. The Hall–Kier alpha value is -4.24. The van der Waals surface area contributed by atoms with Crippen molar-refractivity contribution in [2.24, 2.45) is 11.3 Å². The first-order valence-corrected chi connectivity index (χ1v) is 17.8. The minimum Gasteiger partial charge on any atom is -0.344 e. The van der Waals surface area contributed by atoms with Gasteiger partial charge in [-0.15, -0.1) is 0 Å². The minimum atomic E-state index is -5.06. The van der Waals surface area contributed by atoms with E-state index in [0.29, 0.717) is 0 Å². The number of alkyl halides is 3. The number of carbonyl (C=O) groups excluding carboxylic acids is 4. The number of rotatable bonds is 14. The maximum absolute atomic E-state index is 14.1. The molecule has 4 N–H and O–H groups in total. The molecule has 0 aliphatic carbocycles. The molecule has 0 bridgehead atoms. The smallest absolute Gasteiger partial charge is 0.344 e. The Balaban J connectivity index is 2.26. The highest BCUT2D eigenvalue weighted by atomic mass is 32.2. The maximum atomic E-state index is 14.1. The van der Waals surface area contributed by atoms with E-state index in [1.165, 1.54) is 30.0 Å². The van der Waals surface area contributed by atoms with Crippen LogP contribution in [0, 0.1) is 11.3 Å². The monoisotopic (exact) mass is 737 g/mol. The predicted octanol–water partition coefficient (Wildman–Crippen LogP) is 4.20. The van der Waals surface area contributed by atoms with E-state index in [-0.39, 0.29) is 27.9 Å². The van der Waals surface area contributed by atoms with Crippen molar-refractivity contribution in [3.63, 3.8) is 0 Å². The molecule has 0 saturated carbocycles. The molecular formula is C36H50F3N5O6S. The van der Waals surface area contributed by atoms with Crippen molar-refractivity contribution in [1.29, 1.82) is 0 Å². The molecule has 0 saturated heterocycles. The van der Waals surface area contributed by atoms with Crippen LogP contribution in [0.25, 0.3) is 0 Å². The van der Waals surface area contributed by atoms with Crippen LogP contribution >= 0.6 is 0 Å². The minimum absolute atomic E-state index is 0.000361. The van der Waals surface area contributed by atoms with Crippen molar-refractivity contribution < 1.29 is 40.8 Å². The zero-order valence-electron chi connectivity index (χ0n) is 30.7. The maximum Gasteiger partial charge on any atom is 0.471 e. The highest BCUT2D eigenvalue weighted by molar-refractivity contribution is 7.90. The third-order valence-electron chi connectivity index (χ3n) is 8.62. The van der Waals surface area contributed by atoms with Gasteiger partial charge in [-0.2, -0.15) is 13.2 Å². The van der Waals surface area contributed by atoms with Crippen LogP contribution in [0.1, 0.15) is 66.5 Å². The molecule has 11 nitrogen and oxygen atoms in total. The van der Waals surface area contributed by atoms with Crippen LogP contribution in [0.15, 0.2) is 71.1 Å². The number of benzene rings is 2. The van der Waals surface area contributed by atoms with E-state index in [1.807, 2.05) is 83.5 Å². The zero-order valence-corrected chi connectivity index (χ0v) is 31.5. The summed E-state index contributed by atoms with van der Waals surface area (Å²) >= 11 is 0. The fourth-order valence-corrected chi connectivity index (χ4v) is 6.51. The topological polar surface area (TPSA) is 154 Å². The number of likely N-dealkylation sites (N-methyl/N-ethyl adjacent to an activating group) is 2. The number of hydrogen-bond donors (Lipinski definition) is 4. The average molecular weight is 738 g/mol. The second kappa shape index (κ2) is 16.9. The fraction of sp³-hybridized carbons (Fsp3) is 0.500. The number of nitrogens with one attached hydrogen (secondary N) is 4. The van der Waals surface area contributed by atoms with Crippen molar-refractivity contribution in [1.82, 2.24) is 25.6 Å². The summed E-state index contributed by atoms with van der Waals surface area (Å²) < 4.78 is 65.3. The highest BCUT2D eigenvalue weighted by Gasteiger charge is 2.42. The van der Waals surface area contributed by atoms with Gasteiger partial charge in [-0.3, -0.25) is 19.2 Å². The summed E-state index contributed by atoms with van der Waals surface area (Å²) in [5.74, 6) is -4.11. The van der Waals surface area contributed by atoms with Gasteiger partial charge in [0.15, 0.2) is 0 Å². The molecule has 51 heavy (non-hydrogen) atoms. The Morgan fingerprint density at radius 1 is 0.882 bits per heavy atom. The highest BCUT2D eigenvalue weighted by Crippen LogP contribution is 2.29. The number of hydrogen-bond acceptors (Lipinski definition) is 7. The second-order valence-corrected chi connectivity index (χ2v) is 16.1. The number of nitrogens with zero attached hydrogens (tertiary/aromatic N) is 1. The molecule has 0 aliphatic heterocycles. The lowest BCUT2D eigenvalue weighted by Gasteiger charge is -2.40. The summed E-state index contributed by atoms with van der Waals surface area (Å²) in [7, 11) is -1.16. The van der Waals surface area contributed by atoms with E-state index in [4.69, 9.17) is 0 Å². The van der Waals surface area contributed by atoms with Crippen LogP contribution in [-0.2, 0) is 41.2 Å². The molecule has 15 heteroatoms. The molecule has 0 aromatic heterocycles. The summed E-state index contributed by atoms with van der Waals surface area (Å²) in [6, 6.07) is 11.8. The van der Waals surface area contributed by atoms with E-state index in [2.05, 4.69) is 10.6 Å². The molecule has 2 aromatic rings. The normalized spacial score (nSPS) is 14.7. The number of amides is 4. The van der Waals surface area contributed by atoms with Crippen molar-refractivity contribution in [2.45, 2.75) is 96.5 Å². The van der Waals surface area contributed by atoms with Crippen LogP contribution < -0.4 is 20.7 Å². The Labute approximate surface area is 298 Å². The third kappa shape index (κ3) is 11.4. The van der Waals surface area contributed by atoms with Gasteiger partial charge in [0.05, 0.1) is 17.0 Å². The molecule has 3 atom stereocenters. The zero-order chi connectivity index (χ0) is 39.1. The molecular weight excluding hydrogens is 687 g/mol. The molecule has 0 heterocycles. The molecule has 2 aromatic carbocycles. The van der Waals surface area contributed by atoms with Crippen molar-refractivity contribution in [3.8, 4) is 0 Å². The molecule has 0 fully saturated rings. The standard InChI is InChI=1S/C36H50F3N5O6S/c1-22(2)27(20-23(3)30(45)43-51(49,50)26-18-16-24(17-19-26)21-41-33(48)36(37,38)39)44(10)32(47)29(34(4,5)6)42-31(46)28(40-9)35(7,8)25-14-12-11-13-15-25/h11-20,22,27-29,40H,21H2,1-10H3,(H,41,48)(H,42,46)(H,43,45)/b23-20+. The van der Waals surface area contributed by atoms with Crippen LogP contribution in [-0.4, -0.2) is 75.3 Å². The van der Waals surface area contributed by atoms with Gasteiger partial charge in [-0.05, 0) is 48.6 Å². The lowest BCUT2D eigenvalue weighted by molar-refractivity contribution is -0.173.